The predicted molar refractivity (Wildman–Crippen MR) is 87.1 cm³/mol. The van der Waals surface area contributed by atoms with E-state index in [0.717, 1.165) is 44.5 Å². The van der Waals surface area contributed by atoms with Crippen molar-refractivity contribution >= 4 is 29.7 Å². The summed E-state index contributed by atoms with van der Waals surface area (Å²) in [5.41, 5.74) is 7.19. The third-order valence-corrected chi connectivity index (χ3v) is 5.33. The molecule has 3 N–H and O–H groups in total. The van der Waals surface area contributed by atoms with Gasteiger partial charge in [0.1, 0.15) is 0 Å². The van der Waals surface area contributed by atoms with Gasteiger partial charge in [-0.3, -0.25) is 4.79 Å². The van der Waals surface area contributed by atoms with E-state index in [1.807, 2.05) is 0 Å². The number of nitrogens with two attached hydrogens (primary N) is 1. The molecule has 118 valence electrons. The highest BCUT2D eigenvalue weighted by molar-refractivity contribution is 7.13. The van der Waals surface area contributed by atoms with Gasteiger partial charge in [0.25, 0.3) is 5.91 Å². The number of nitrogens with one attached hydrogen (secondary N) is 1. The summed E-state index contributed by atoms with van der Waals surface area (Å²) < 4.78 is 0. The second kappa shape index (κ2) is 7.05. The van der Waals surface area contributed by atoms with Gasteiger partial charge in [-0.1, -0.05) is 12.8 Å². The van der Waals surface area contributed by atoms with E-state index in [2.05, 4.69) is 22.2 Å². The molecular formula is C14H23ClN4OS. The molecule has 0 radical (unpaired) electrons. The molecule has 1 aliphatic heterocycles. The van der Waals surface area contributed by atoms with E-state index in [0.29, 0.717) is 5.01 Å². The Labute approximate surface area is 135 Å². The van der Waals surface area contributed by atoms with Gasteiger partial charge in [-0.15, -0.1) is 23.7 Å². The largest absolute Gasteiger partial charge is 0.346 e. The first-order valence-corrected chi connectivity index (χ1v) is 8.18. The standard InChI is InChI=1S/C14H22N4OS.ClH/c1-18-7-6-11-12(8-18)20-14(17-11)13(19)16-10-5-3-2-4-9(10)15;/h9-10H,2-8,15H2,1H3,(H,16,19);1H/t9-,10+;/m0./s1. The molecule has 2 aliphatic rings. The first-order valence-electron chi connectivity index (χ1n) is 7.37. The predicted octanol–water partition coefficient (Wildman–Crippen LogP) is 1.55. The zero-order valence-corrected chi connectivity index (χ0v) is 13.9. The molecule has 1 aliphatic carbocycles. The van der Waals surface area contributed by atoms with Crippen LogP contribution in [0.5, 0.6) is 0 Å². The Kier molecular flexibility index (Phi) is 5.60. The van der Waals surface area contributed by atoms with Crippen molar-refractivity contribution in [1.29, 1.82) is 0 Å². The molecule has 2 atom stereocenters. The normalized spacial score (nSPS) is 25.8. The van der Waals surface area contributed by atoms with Crippen LogP contribution < -0.4 is 11.1 Å². The van der Waals surface area contributed by atoms with Crippen LogP contribution in [0.1, 0.15) is 46.1 Å². The molecule has 1 fully saturated rings. The minimum Gasteiger partial charge on any atom is -0.346 e. The van der Waals surface area contributed by atoms with Crippen LogP contribution in [0.3, 0.4) is 0 Å². The van der Waals surface area contributed by atoms with Crippen molar-refractivity contribution in [3.05, 3.63) is 15.6 Å². The van der Waals surface area contributed by atoms with E-state index in [1.165, 1.54) is 22.6 Å². The van der Waals surface area contributed by atoms with Gasteiger partial charge in [0, 0.05) is 36.5 Å². The fraction of sp³-hybridized carbons (Fsp3) is 0.714. The molecule has 0 spiro atoms. The summed E-state index contributed by atoms with van der Waals surface area (Å²) in [4.78, 5) is 20.3. The SMILES string of the molecule is CN1CCc2nc(C(=O)N[C@@H]3CCCC[C@@H]3N)sc2C1.Cl. The number of hydrogen-bond donors (Lipinski definition) is 2. The molecule has 0 bridgehead atoms. The maximum absolute atomic E-state index is 12.3. The summed E-state index contributed by atoms with van der Waals surface area (Å²) in [5.74, 6) is -0.0468. The average Bonchev–Trinajstić information content (AvgIpc) is 2.84. The summed E-state index contributed by atoms with van der Waals surface area (Å²) in [7, 11) is 2.10. The van der Waals surface area contributed by atoms with Gasteiger partial charge in [0.15, 0.2) is 5.01 Å². The smallest absolute Gasteiger partial charge is 0.280 e. The van der Waals surface area contributed by atoms with E-state index in [1.54, 1.807) is 0 Å². The molecule has 7 heteroatoms. The number of rotatable bonds is 2. The maximum atomic E-state index is 12.3. The highest BCUT2D eigenvalue weighted by Gasteiger charge is 2.26. The fourth-order valence-corrected chi connectivity index (χ4v) is 4.08. The minimum absolute atomic E-state index is 0. The van der Waals surface area contributed by atoms with Gasteiger partial charge in [-0.25, -0.2) is 4.98 Å². The molecule has 0 aromatic carbocycles. The lowest BCUT2D eigenvalue weighted by Gasteiger charge is -2.28. The molecule has 2 heterocycles. The number of halogens is 1. The number of nitrogens with zero attached hydrogens (tertiary/aromatic N) is 2. The van der Waals surface area contributed by atoms with Crippen molar-refractivity contribution in [2.24, 2.45) is 5.73 Å². The van der Waals surface area contributed by atoms with Crippen LogP contribution in [0.25, 0.3) is 0 Å². The summed E-state index contributed by atoms with van der Waals surface area (Å²) in [6.07, 6.45) is 5.26. The Morgan fingerprint density at radius 3 is 2.95 bits per heavy atom. The molecule has 1 aromatic heterocycles. The third kappa shape index (κ3) is 3.74. The van der Waals surface area contributed by atoms with Gasteiger partial charge < -0.3 is 16.0 Å². The highest BCUT2D eigenvalue weighted by Crippen LogP contribution is 2.25. The molecule has 5 nitrogen and oxygen atoms in total. The lowest BCUT2D eigenvalue weighted by atomic mass is 9.91. The van der Waals surface area contributed by atoms with Crippen LogP contribution >= 0.6 is 23.7 Å². The number of carbonyl (C=O) groups is 1. The van der Waals surface area contributed by atoms with Crippen molar-refractivity contribution in [1.82, 2.24) is 15.2 Å². The summed E-state index contributed by atoms with van der Waals surface area (Å²) >= 11 is 1.53. The zero-order valence-electron chi connectivity index (χ0n) is 12.3. The first kappa shape index (κ1) is 16.7. The van der Waals surface area contributed by atoms with Crippen molar-refractivity contribution in [2.45, 2.75) is 50.7 Å². The van der Waals surface area contributed by atoms with Crippen LogP contribution in [0.2, 0.25) is 0 Å². The number of carbonyl (C=O) groups excluding carboxylic acids is 1. The summed E-state index contributed by atoms with van der Waals surface area (Å²) in [6, 6.07) is 0.202. The topological polar surface area (TPSA) is 71.2 Å². The molecular weight excluding hydrogens is 308 g/mol. The third-order valence-electron chi connectivity index (χ3n) is 4.25. The second-order valence-electron chi connectivity index (χ2n) is 5.90. The van der Waals surface area contributed by atoms with Crippen LogP contribution in [0, 0.1) is 0 Å². The van der Waals surface area contributed by atoms with Gasteiger partial charge in [0.05, 0.1) is 5.69 Å². The van der Waals surface area contributed by atoms with Crippen LogP contribution in [-0.2, 0) is 13.0 Å². The number of aromatic nitrogens is 1. The highest BCUT2D eigenvalue weighted by atomic mass is 35.5. The van der Waals surface area contributed by atoms with E-state index in [4.69, 9.17) is 5.73 Å². The van der Waals surface area contributed by atoms with Crippen LogP contribution in [0.15, 0.2) is 0 Å². The van der Waals surface area contributed by atoms with Crippen molar-refractivity contribution in [3.63, 3.8) is 0 Å². The summed E-state index contributed by atoms with van der Waals surface area (Å²) in [6.45, 7) is 1.93. The number of amides is 1. The first-order chi connectivity index (χ1) is 9.63. The van der Waals surface area contributed by atoms with Gasteiger partial charge >= 0.3 is 0 Å². The fourth-order valence-electron chi connectivity index (χ4n) is 2.99. The Morgan fingerprint density at radius 1 is 1.43 bits per heavy atom. The Morgan fingerprint density at radius 2 is 2.19 bits per heavy atom. The maximum Gasteiger partial charge on any atom is 0.280 e. The lowest BCUT2D eigenvalue weighted by molar-refractivity contribution is 0.0920. The average molecular weight is 331 g/mol. The molecule has 1 saturated carbocycles. The number of likely N-dealkylation sites (N-methyl/N-ethyl adjacent to an activating group) is 1. The molecule has 21 heavy (non-hydrogen) atoms. The van der Waals surface area contributed by atoms with Crippen LogP contribution in [-0.4, -0.2) is 41.5 Å². The van der Waals surface area contributed by atoms with Crippen molar-refractivity contribution in [2.75, 3.05) is 13.6 Å². The molecule has 3 rings (SSSR count). The van der Waals surface area contributed by atoms with Gasteiger partial charge in [-0.05, 0) is 19.9 Å². The van der Waals surface area contributed by atoms with E-state index in [9.17, 15) is 4.79 Å². The van der Waals surface area contributed by atoms with Crippen LogP contribution in [0.4, 0.5) is 0 Å². The van der Waals surface area contributed by atoms with E-state index >= 15 is 0 Å². The van der Waals surface area contributed by atoms with Gasteiger partial charge in [0.2, 0.25) is 0 Å². The second-order valence-corrected chi connectivity index (χ2v) is 6.99. The molecule has 1 amide bonds. The van der Waals surface area contributed by atoms with E-state index in [-0.39, 0.29) is 30.4 Å². The Bertz CT molecular complexity index is 507. The van der Waals surface area contributed by atoms with Crippen molar-refractivity contribution < 1.29 is 4.79 Å². The Balaban J connectivity index is 0.00000161. The molecule has 0 unspecified atom stereocenters. The monoisotopic (exact) mass is 330 g/mol. The lowest BCUT2D eigenvalue weighted by Crippen LogP contribution is -2.49. The number of hydrogen-bond acceptors (Lipinski definition) is 5. The molecule has 1 aromatic rings. The molecule has 0 saturated heterocycles. The minimum atomic E-state index is -0.0468. The Hall–Kier alpha value is -0.690. The van der Waals surface area contributed by atoms with E-state index < -0.39 is 0 Å². The number of thiazole rings is 1. The summed E-state index contributed by atoms with van der Waals surface area (Å²) in [5, 5.41) is 3.68. The number of fused-ring (bicyclic) bond motifs is 1. The van der Waals surface area contributed by atoms with Gasteiger partial charge in [-0.2, -0.15) is 0 Å². The zero-order chi connectivity index (χ0) is 14.1. The van der Waals surface area contributed by atoms with Crippen molar-refractivity contribution in [3.8, 4) is 0 Å². The quantitative estimate of drug-likeness (QED) is 0.863.